The Hall–Kier alpha value is -0.120. The number of hydrogen-bond acceptors (Lipinski definition) is 3. The second kappa shape index (κ2) is 8.04. The molecule has 1 aliphatic heterocycles. The second-order valence-corrected chi connectivity index (χ2v) is 4.97. The first-order valence-corrected chi connectivity index (χ1v) is 6.73. The maximum atomic E-state index is 5.10. The second-order valence-electron chi connectivity index (χ2n) is 4.97. The maximum Gasteiger partial charge on any atom is 0.0476 e. The van der Waals surface area contributed by atoms with E-state index in [4.69, 9.17) is 4.74 Å². The van der Waals surface area contributed by atoms with Crippen LogP contribution in [0, 0.1) is 0 Å². The van der Waals surface area contributed by atoms with E-state index in [2.05, 4.69) is 24.1 Å². The SMILES string of the molecule is CCCN1CCC(NC(C)CCOC)CC1. The highest BCUT2D eigenvalue weighted by Gasteiger charge is 2.19. The van der Waals surface area contributed by atoms with Crippen molar-refractivity contribution in [3.8, 4) is 0 Å². The van der Waals surface area contributed by atoms with Crippen molar-refractivity contribution >= 4 is 0 Å². The van der Waals surface area contributed by atoms with Gasteiger partial charge in [0, 0.05) is 25.8 Å². The van der Waals surface area contributed by atoms with Crippen LogP contribution in [0.5, 0.6) is 0 Å². The first kappa shape index (κ1) is 13.9. The van der Waals surface area contributed by atoms with Crippen molar-refractivity contribution in [2.45, 2.75) is 51.6 Å². The summed E-state index contributed by atoms with van der Waals surface area (Å²) in [4.78, 5) is 2.58. The van der Waals surface area contributed by atoms with Crippen LogP contribution in [-0.4, -0.2) is 50.3 Å². The molecule has 3 heteroatoms. The summed E-state index contributed by atoms with van der Waals surface area (Å²) in [7, 11) is 1.77. The predicted molar refractivity (Wildman–Crippen MR) is 68.8 cm³/mol. The van der Waals surface area contributed by atoms with Gasteiger partial charge in [-0.25, -0.2) is 0 Å². The molecule has 0 aromatic rings. The third-order valence-electron chi connectivity index (χ3n) is 3.40. The highest BCUT2D eigenvalue weighted by molar-refractivity contribution is 4.79. The highest BCUT2D eigenvalue weighted by atomic mass is 16.5. The lowest BCUT2D eigenvalue weighted by Gasteiger charge is -2.33. The molecule has 1 atom stereocenters. The Balaban J connectivity index is 2.11. The molecule has 0 bridgehead atoms. The zero-order valence-electron chi connectivity index (χ0n) is 11.2. The normalized spacial score (nSPS) is 21.2. The molecule has 1 heterocycles. The quantitative estimate of drug-likeness (QED) is 0.720. The van der Waals surface area contributed by atoms with E-state index in [-0.39, 0.29) is 0 Å². The van der Waals surface area contributed by atoms with Crippen molar-refractivity contribution in [3.63, 3.8) is 0 Å². The minimum Gasteiger partial charge on any atom is -0.385 e. The van der Waals surface area contributed by atoms with Crippen LogP contribution >= 0.6 is 0 Å². The fourth-order valence-corrected chi connectivity index (χ4v) is 2.42. The summed E-state index contributed by atoms with van der Waals surface area (Å²) < 4.78 is 5.10. The number of ether oxygens (including phenoxy) is 1. The first-order chi connectivity index (χ1) is 7.76. The Bertz CT molecular complexity index is 167. The molecular formula is C13H28N2O. The summed E-state index contributed by atoms with van der Waals surface area (Å²) in [5.41, 5.74) is 0. The number of rotatable bonds is 7. The van der Waals surface area contributed by atoms with E-state index in [1.54, 1.807) is 7.11 Å². The van der Waals surface area contributed by atoms with Crippen LogP contribution in [0.2, 0.25) is 0 Å². The Kier molecular flexibility index (Phi) is 7.01. The van der Waals surface area contributed by atoms with Gasteiger partial charge in [0.1, 0.15) is 0 Å². The van der Waals surface area contributed by atoms with Gasteiger partial charge in [0.25, 0.3) is 0 Å². The molecule has 16 heavy (non-hydrogen) atoms. The maximum absolute atomic E-state index is 5.10. The van der Waals surface area contributed by atoms with Gasteiger partial charge in [-0.15, -0.1) is 0 Å². The molecule has 0 aliphatic carbocycles. The van der Waals surface area contributed by atoms with E-state index in [9.17, 15) is 0 Å². The Morgan fingerprint density at radius 1 is 1.38 bits per heavy atom. The van der Waals surface area contributed by atoms with E-state index < -0.39 is 0 Å². The van der Waals surface area contributed by atoms with Crippen LogP contribution in [0.3, 0.4) is 0 Å². The van der Waals surface area contributed by atoms with Crippen molar-refractivity contribution in [3.05, 3.63) is 0 Å². The van der Waals surface area contributed by atoms with Crippen molar-refractivity contribution in [1.82, 2.24) is 10.2 Å². The van der Waals surface area contributed by atoms with Crippen molar-refractivity contribution in [2.75, 3.05) is 33.4 Å². The van der Waals surface area contributed by atoms with Crippen LogP contribution in [0.25, 0.3) is 0 Å². The molecule has 0 spiro atoms. The minimum atomic E-state index is 0.586. The molecular weight excluding hydrogens is 200 g/mol. The van der Waals surface area contributed by atoms with E-state index in [0.717, 1.165) is 19.1 Å². The summed E-state index contributed by atoms with van der Waals surface area (Å²) in [6.45, 7) is 9.19. The molecule has 96 valence electrons. The standard InChI is InChI=1S/C13H28N2O/c1-4-8-15-9-5-13(6-10-15)14-12(2)7-11-16-3/h12-14H,4-11H2,1-3H3. The van der Waals surface area contributed by atoms with Gasteiger partial charge >= 0.3 is 0 Å². The largest absolute Gasteiger partial charge is 0.385 e. The summed E-state index contributed by atoms with van der Waals surface area (Å²) in [6.07, 6.45) is 5.00. The zero-order valence-corrected chi connectivity index (χ0v) is 11.2. The fourth-order valence-electron chi connectivity index (χ4n) is 2.42. The number of hydrogen-bond donors (Lipinski definition) is 1. The molecule has 1 N–H and O–H groups in total. The van der Waals surface area contributed by atoms with Crippen LogP contribution in [-0.2, 0) is 4.74 Å². The number of likely N-dealkylation sites (tertiary alicyclic amines) is 1. The van der Waals surface area contributed by atoms with E-state index in [0.29, 0.717) is 6.04 Å². The number of piperidine rings is 1. The van der Waals surface area contributed by atoms with Gasteiger partial charge < -0.3 is 15.0 Å². The Morgan fingerprint density at radius 3 is 2.62 bits per heavy atom. The average molecular weight is 228 g/mol. The average Bonchev–Trinajstić information content (AvgIpc) is 2.29. The molecule has 0 radical (unpaired) electrons. The smallest absolute Gasteiger partial charge is 0.0476 e. The van der Waals surface area contributed by atoms with Gasteiger partial charge in [0.05, 0.1) is 0 Å². The molecule has 0 saturated carbocycles. The molecule has 0 aromatic heterocycles. The Labute approximate surface area is 101 Å². The lowest BCUT2D eigenvalue weighted by Crippen LogP contribution is -2.45. The topological polar surface area (TPSA) is 24.5 Å². The zero-order chi connectivity index (χ0) is 11.8. The third kappa shape index (κ3) is 5.28. The molecule has 1 rings (SSSR count). The van der Waals surface area contributed by atoms with E-state index in [1.807, 2.05) is 0 Å². The van der Waals surface area contributed by atoms with Crippen LogP contribution < -0.4 is 5.32 Å². The van der Waals surface area contributed by atoms with Gasteiger partial charge in [0.2, 0.25) is 0 Å². The van der Waals surface area contributed by atoms with Gasteiger partial charge in [-0.1, -0.05) is 6.92 Å². The van der Waals surface area contributed by atoms with E-state index >= 15 is 0 Å². The number of nitrogens with one attached hydrogen (secondary N) is 1. The van der Waals surface area contributed by atoms with Crippen LogP contribution in [0.4, 0.5) is 0 Å². The first-order valence-electron chi connectivity index (χ1n) is 6.73. The summed E-state index contributed by atoms with van der Waals surface area (Å²) in [5, 5.41) is 3.71. The highest BCUT2D eigenvalue weighted by Crippen LogP contribution is 2.11. The predicted octanol–water partition coefficient (Wildman–Crippen LogP) is 1.88. The van der Waals surface area contributed by atoms with Crippen LogP contribution in [0.15, 0.2) is 0 Å². The van der Waals surface area contributed by atoms with Crippen molar-refractivity contribution in [1.29, 1.82) is 0 Å². The fraction of sp³-hybridized carbons (Fsp3) is 1.00. The molecule has 1 unspecified atom stereocenters. The minimum absolute atomic E-state index is 0.586. The van der Waals surface area contributed by atoms with Gasteiger partial charge in [0.15, 0.2) is 0 Å². The molecule has 0 amide bonds. The van der Waals surface area contributed by atoms with Crippen LogP contribution in [0.1, 0.15) is 39.5 Å². The lowest BCUT2D eigenvalue weighted by atomic mass is 10.0. The van der Waals surface area contributed by atoms with Gasteiger partial charge in [-0.05, 0) is 52.2 Å². The van der Waals surface area contributed by atoms with Crippen molar-refractivity contribution in [2.24, 2.45) is 0 Å². The molecule has 3 nitrogen and oxygen atoms in total. The molecule has 1 saturated heterocycles. The molecule has 1 fully saturated rings. The van der Waals surface area contributed by atoms with E-state index in [1.165, 1.54) is 38.9 Å². The Morgan fingerprint density at radius 2 is 2.06 bits per heavy atom. The number of nitrogens with zero attached hydrogens (tertiary/aromatic N) is 1. The summed E-state index contributed by atoms with van der Waals surface area (Å²) >= 11 is 0. The van der Waals surface area contributed by atoms with Gasteiger partial charge in [-0.3, -0.25) is 0 Å². The third-order valence-corrected chi connectivity index (χ3v) is 3.40. The summed E-state index contributed by atoms with van der Waals surface area (Å²) in [6, 6.07) is 1.31. The van der Waals surface area contributed by atoms with Gasteiger partial charge in [-0.2, -0.15) is 0 Å². The summed E-state index contributed by atoms with van der Waals surface area (Å²) in [5.74, 6) is 0. The molecule has 1 aliphatic rings. The lowest BCUT2D eigenvalue weighted by molar-refractivity contribution is 0.167. The molecule has 0 aromatic carbocycles. The monoisotopic (exact) mass is 228 g/mol. The number of methoxy groups -OCH3 is 1. The van der Waals surface area contributed by atoms with Crippen molar-refractivity contribution < 1.29 is 4.74 Å².